The minimum Gasteiger partial charge on any atom is -0.348 e. The number of halogens is 1. The molecule has 1 amide bonds. The number of hydrogen-bond donors (Lipinski definition) is 1. The summed E-state index contributed by atoms with van der Waals surface area (Å²) in [6.45, 7) is 3.02. The third-order valence-corrected chi connectivity index (χ3v) is 4.10. The van der Waals surface area contributed by atoms with Crippen LogP contribution in [0.25, 0.3) is 0 Å². The molecule has 0 fully saturated rings. The van der Waals surface area contributed by atoms with Crippen LogP contribution in [0.15, 0.2) is 47.3 Å². The highest BCUT2D eigenvalue weighted by atomic mass is 79.9. The molecule has 0 saturated heterocycles. The van der Waals surface area contributed by atoms with Crippen LogP contribution in [0.2, 0.25) is 0 Å². The van der Waals surface area contributed by atoms with Crippen LogP contribution in [0.1, 0.15) is 27.2 Å². The first-order chi connectivity index (χ1) is 11.5. The molecule has 24 heavy (non-hydrogen) atoms. The summed E-state index contributed by atoms with van der Waals surface area (Å²) in [4.78, 5) is 12.4. The van der Waals surface area contributed by atoms with Gasteiger partial charge in [-0.15, -0.1) is 0 Å². The Kier molecular flexibility index (Phi) is 4.80. The number of carbonyl (C=O) groups is 1. The quantitative estimate of drug-likeness (QED) is 0.731. The van der Waals surface area contributed by atoms with Crippen LogP contribution >= 0.6 is 15.9 Å². The molecule has 6 nitrogen and oxygen atoms in total. The van der Waals surface area contributed by atoms with Gasteiger partial charge in [0.2, 0.25) is 0 Å². The zero-order valence-corrected chi connectivity index (χ0v) is 15.1. The van der Waals surface area contributed by atoms with E-state index in [9.17, 15) is 4.79 Å². The summed E-state index contributed by atoms with van der Waals surface area (Å²) in [5, 5.41) is 11.5. The van der Waals surface area contributed by atoms with Crippen LogP contribution in [0, 0.1) is 6.92 Å². The molecule has 2 aromatic heterocycles. The number of carbonyl (C=O) groups excluding carboxylic acids is 1. The lowest BCUT2D eigenvalue weighted by atomic mass is 10.1. The average Bonchev–Trinajstić information content (AvgIpc) is 3.10. The first kappa shape index (κ1) is 16.4. The lowest BCUT2D eigenvalue weighted by Crippen LogP contribution is -2.23. The normalized spacial score (nSPS) is 10.8. The molecule has 1 aromatic carbocycles. The van der Waals surface area contributed by atoms with Gasteiger partial charge in [0.15, 0.2) is 0 Å². The Morgan fingerprint density at radius 1 is 1.33 bits per heavy atom. The van der Waals surface area contributed by atoms with Gasteiger partial charge < -0.3 is 5.32 Å². The van der Waals surface area contributed by atoms with Crippen LogP contribution in [-0.4, -0.2) is 25.5 Å². The van der Waals surface area contributed by atoms with Gasteiger partial charge in [-0.05, 0) is 40.5 Å². The van der Waals surface area contributed by atoms with Gasteiger partial charge in [-0.2, -0.15) is 10.2 Å². The van der Waals surface area contributed by atoms with Gasteiger partial charge in [0.1, 0.15) is 0 Å². The number of nitrogens with one attached hydrogen (secondary N) is 1. The van der Waals surface area contributed by atoms with Crippen molar-refractivity contribution in [2.45, 2.75) is 20.0 Å². The van der Waals surface area contributed by atoms with Gasteiger partial charge >= 0.3 is 0 Å². The smallest absolute Gasteiger partial charge is 0.251 e. The summed E-state index contributed by atoms with van der Waals surface area (Å²) in [5.41, 5.74) is 3.61. The lowest BCUT2D eigenvalue weighted by molar-refractivity contribution is 0.0950. The number of nitrogens with zero attached hydrogens (tertiary/aromatic N) is 4. The molecular formula is C17H18BrN5O. The van der Waals surface area contributed by atoms with E-state index in [2.05, 4.69) is 31.4 Å². The number of aryl methyl sites for hydroxylation is 2. The maximum atomic E-state index is 12.4. The standard InChI is InChI=1S/C17H18BrN5O/c1-12-15(10-22(2)21-12)7-19-17(24)14-5-3-4-13(6-14)9-23-11-16(18)8-20-23/h3-6,8,10-11H,7,9H2,1-2H3,(H,19,24). The number of benzene rings is 1. The zero-order valence-electron chi connectivity index (χ0n) is 13.5. The second-order valence-electron chi connectivity index (χ2n) is 5.65. The van der Waals surface area contributed by atoms with E-state index < -0.39 is 0 Å². The van der Waals surface area contributed by atoms with Crippen molar-refractivity contribution < 1.29 is 4.79 Å². The highest BCUT2D eigenvalue weighted by molar-refractivity contribution is 9.10. The highest BCUT2D eigenvalue weighted by Crippen LogP contribution is 2.11. The van der Waals surface area contributed by atoms with E-state index in [-0.39, 0.29) is 5.91 Å². The molecule has 124 valence electrons. The first-order valence-corrected chi connectivity index (χ1v) is 8.35. The summed E-state index contributed by atoms with van der Waals surface area (Å²) in [6.07, 6.45) is 5.56. The summed E-state index contributed by atoms with van der Waals surface area (Å²) in [7, 11) is 1.87. The molecule has 7 heteroatoms. The third kappa shape index (κ3) is 3.91. The van der Waals surface area contributed by atoms with E-state index in [4.69, 9.17) is 0 Å². The summed E-state index contributed by atoms with van der Waals surface area (Å²) >= 11 is 3.38. The molecule has 0 spiro atoms. The second-order valence-corrected chi connectivity index (χ2v) is 6.57. The van der Waals surface area contributed by atoms with Crippen LogP contribution < -0.4 is 5.32 Å². The number of aromatic nitrogens is 4. The van der Waals surface area contributed by atoms with E-state index in [1.165, 1.54) is 0 Å². The van der Waals surface area contributed by atoms with Gasteiger partial charge in [-0.3, -0.25) is 14.2 Å². The van der Waals surface area contributed by atoms with E-state index >= 15 is 0 Å². The SMILES string of the molecule is Cc1nn(C)cc1CNC(=O)c1cccc(Cn2cc(Br)cn2)c1. The molecule has 0 atom stereocenters. The van der Waals surface area contributed by atoms with Crippen LogP contribution in [0.3, 0.4) is 0 Å². The number of rotatable bonds is 5. The molecule has 0 aliphatic carbocycles. The van der Waals surface area contributed by atoms with Crippen molar-refractivity contribution in [2.75, 3.05) is 0 Å². The van der Waals surface area contributed by atoms with E-state index in [1.54, 1.807) is 10.9 Å². The summed E-state index contributed by atoms with van der Waals surface area (Å²) in [5.74, 6) is -0.0956. The average molecular weight is 388 g/mol. The number of amides is 1. The molecule has 1 N–H and O–H groups in total. The Morgan fingerprint density at radius 2 is 2.17 bits per heavy atom. The van der Waals surface area contributed by atoms with Crippen molar-refractivity contribution in [3.8, 4) is 0 Å². The van der Waals surface area contributed by atoms with Gasteiger partial charge in [0, 0.05) is 37.1 Å². The topological polar surface area (TPSA) is 64.7 Å². The number of hydrogen-bond acceptors (Lipinski definition) is 3. The van der Waals surface area contributed by atoms with Crippen LogP contribution in [0.5, 0.6) is 0 Å². The van der Waals surface area contributed by atoms with Gasteiger partial charge in [0.25, 0.3) is 5.91 Å². The summed E-state index contributed by atoms with van der Waals surface area (Å²) in [6, 6.07) is 7.57. The molecule has 0 aliphatic heterocycles. The molecule has 2 heterocycles. The van der Waals surface area contributed by atoms with Crippen molar-refractivity contribution in [1.29, 1.82) is 0 Å². The second kappa shape index (κ2) is 7.00. The van der Waals surface area contributed by atoms with Crippen LogP contribution in [0.4, 0.5) is 0 Å². The fourth-order valence-electron chi connectivity index (χ4n) is 2.52. The summed E-state index contributed by atoms with van der Waals surface area (Å²) < 4.78 is 4.50. The van der Waals surface area contributed by atoms with Crippen molar-refractivity contribution in [3.63, 3.8) is 0 Å². The predicted molar refractivity (Wildman–Crippen MR) is 94.6 cm³/mol. The highest BCUT2D eigenvalue weighted by Gasteiger charge is 2.09. The van der Waals surface area contributed by atoms with Gasteiger partial charge in [-0.25, -0.2) is 0 Å². The Morgan fingerprint density at radius 3 is 2.83 bits per heavy atom. The fourth-order valence-corrected chi connectivity index (χ4v) is 2.85. The Labute approximate surface area is 148 Å². The molecule has 3 rings (SSSR count). The van der Waals surface area contributed by atoms with Crippen molar-refractivity contribution in [3.05, 3.63) is 69.7 Å². The minimum atomic E-state index is -0.0956. The lowest BCUT2D eigenvalue weighted by Gasteiger charge is -2.07. The first-order valence-electron chi connectivity index (χ1n) is 7.55. The van der Waals surface area contributed by atoms with Gasteiger partial charge in [0.05, 0.1) is 22.9 Å². The molecule has 0 unspecified atom stereocenters. The Hall–Kier alpha value is -2.41. The van der Waals surface area contributed by atoms with E-state index in [0.29, 0.717) is 18.7 Å². The Balaban J connectivity index is 1.66. The Bertz CT molecular complexity index is 868. The van der Waals surface area contributed by atoms with Crippen molar-refractivity contribution in [2.24, 2.45) is 7.05 Å². The van der Waals surface area contributed by atoms with E-state index in [0.717, 1.165) is 21.3 Å². The van der Waals surface area contributed by atoms with Crippen molar-refractivity contribution >= 4 is 21.8 Å². The molecule has 0 radical (unpaired) electrons. The van der Waals surface area contributed by atoms with Gasteiger partial charge in [-0.1, -0.05) is 12.1 Å². The zero-order chi connectivity index (χ0) is 17.1. The van der Waals surface area contributed by atoms with Crippen LogP contribution in [-0.2, 0) is 20.1 Å². The molecular weight excluding hydrogens is 370 g/mol. The molecule has 0 bridgehead atoms. The predicted octanol–water partition coefficient (Wildman–Crippen LogP) is 2.67. The molecule has 0 aliphatic rings. The third-order valence-electron chi connectivity index (χ3n) is 3.69. The molecule has 3 aromatic rings. The van der Waals surface area contributed by atoms with E-state index in [1.807, 2.05) is 55.3 Å². The fraction of sp³-hybridized carbons (Fsp3) is 0.235. The maximum Gasteiger partial charge on any atom is 0.251 e. The minimum absolute atomic E-state index is 0.0956. The molecule has 0 saturated carbocycles. The van der Waals surface area contributed by atoms with Crippen molar-refractivity contribution in [1.82, 2.24) is 24.9 Å². The largest absolute Gasteiger partial charge is 0.348 e. The monoisotopic (exact) mass is 387 g/mol. The maximum absolute atomic E-state index is 12.4.